The van der Waals surface area contributed by atoms with Gasteiger partial charge in [-0.25, -0.2) is 0 Å². The van der Waals surface area contributed by atoms with Gasteiger partial charge in [0.2, 0.25) is 0 Å². The maximum atomic E-state index is 6.16. The molecule has 0 radical (unpaired) electrons. The van der Waals surface area contributed by atoms with Gasteiger partial charge in [-0.15, -0.1) is 0 Å². The van der Waals surface area contributed by atoms with Gasteiger partial charge in [-0.05, 0) is 52.4 Å². The maximum Gasteiger partial charge on any atom is 0.0457 e. The molecule has 0 aliphatic heterocycles. The predicted molar refractivity (Wildman–Crippen MR) is 110 cm³/mol. The number of para-hydroxylation sites is 1. The van der Waals surface area contributed by atoms with Crippen molar-refractivity contribution in [2.45, 2.75) is 12.3 Å². The number of aromatic amines is 1. The summed E-state index contributed by atoms with van der Waals surface area (Å²) >= 11 is 6.16. The average molecular weight is 356 g/mol. The number of benzene rings is 3. The average Bonchev–Trinajstić information content (AvgIpc) is 3.29. The van der Waals surface area contributed by atoms with Crippen LogP contribution in [0.4, 0.5) is 0 Å². The molecule has 126 valence electrons. The second kappa shape index (κ2) is 6.19. The van der Waals surface area contributed by atoms with E-state index in [1.165, 1.54) is 38.7 Å². The number of hydrogen-bond donors (Lipinski definition) is 1. The van der Waals surface area contributed by atoms with Crippen molar-refractivity contribution in [3.63, 3.8) is 0 Å². The van der Waals surface area contributed by atoms with Crippen molar-refractivity contribution in [3.05, 3.63) is 112 Å². The first-order chi connectivity index (χ1) is 12.8. The van der Waals surface area contributed by atoms with Gasteiger partial charge in [-0.1, -0.05) is 72.3 Å². The second-order valence-corrected chi connectivity index (χ2v) is 7.23. The highest BCUT2D eigenvalue weighted by molar-refractivity contribution is 6.30. The van der Waals surface area contributed by atoms with Crippen molar-refractivity contribution in [2.24, 2.45) is 0 Å². The van der Waals surface area contributed by atoms with Gasteiger partial charge < -0.3 is 4.98 Å². The van der Waals surface area contributed by atoms with E-state index in [2.05, 4.69) is 77.9 Å². The molecule has 0 saturated carbocycles. The third-order valence-electron chi connectivity index (χ3n) is 5.32. The van der Waals surface area contributed by atoms with Gasteiger partial charge in [0.05, 0.1) is 0 Å². The molecule has 0 saturated heterocycles. The largest absolute Gasteiger partial charge is 0.361 e. The van der Waals surface area contributed by atoms with E-state index in [0.29, 0.717) is 0 Å². The highest BCUT2D eigenvalue weighted by atomic mass is 35.5. The number of allylic oxidation sites excluding steroid dienone is 2. The summed E-state index contributed by atoms with van der Waals surface area (Å²) in [7, 11) is 0. The molecule has 1 nitrogen and oxygen atoms in total. The van der Waals surface area contributed by atoms with Gasteiger partial charge in [0, 0.05) is 28.0 Å². The molecule has 0 spiro atoms. The maximum absolute atomic E-state index is 6.16. The first-order valence-electron chi connectivity index (χ1n) is 8.91. The monoisotopic (exact) mass is 355 g/mol. The first kappa shape index (κ1) is 15.5. The first-order valence-corrected chi connectivity index (χ1v) is 9.29. The van der Waals surface area contributed by atoms with Crippen LogP contribution < -0.4 is 0 Å². The van der Waals surface area contributed by atoms with Crippen LogP contribution >= 0.6 is 11.6 Å². The van der Waals surface area contributed by atoms with Gasteiger partial charge in [0.15, 0.2) is 0 Å². The molecule has 2 heteroatoms. The van der Waals surface area contributed by atoms with Crippen LogP contribution in [-0.2, 0) is 6.42 Å². The lowest BCUT2D eigenvalue weighted by Gasteiger charge is -2.20. The van der Waals surface area contributed by atoms with Crippen molar-refractivity contribution in [1.82, 2.24) is 4.98 Å². The van der Waals surface area contributed by atoms with Crippen LogP contribution in [0, 0.1) is 0 Å². The standard InChI is InChI=1S/C24H18ClN/c25-18-12-9-17(10-13-18)24(21-14-11-16-5-1-2-6-19(16)21)22-15-26-23-8-4-3-7-20(22)23/h1-10,12-15,24,26H,11H2. The third kappa shape index (κ3) is 2.48. The Morgan fingerprint density at radius 2 is 1.62 bits per heavy atom. The SMILES string of the molecule is Clc1ccc(C(C2=CCc3ccccc32)c2c[nH]c3ccccc23)cc1. The molecule has 1 N–H and O–H groups in total. The fourth-order valence-corrected chi connectivity index (χ4v) is 4.22. The van der Waals surface area contributed by atoms with Crippen molar-refractivity contribution in [3.8, 4) is 0 Å². The van der Waals surface area contributed by atoms with Crippen LogP contribution in [0.1, 0.15) is 28.2 Å². The molecule has 4 aromatic rings. The van der Waals surface area contributed by atoms with Gasteiger partial charge in [0.25, 0.3) is 0 Å². The minimum atomic E-state index is 0.187. The molecule has 5 rings (SSSR count). The molecule has 1 aliphatic rings. The van der Waals surface area contributed by atoms with Crippen LogP contribution in [0.15, 0.2) is 85.1 Å². The highest BCUT2D eigenvalue weighted by Gasteiger charge is 2.26. The number of rotatable bonds is 3. The molecule has 1 aliphatic carbocycles. The van der Waals surface area contributed by atoms with E-state index in [1.807, 2.05) is 12.1 Å². The Morgan fingerprint density at radius 3 is 2.50 bits per heavy atom. The van der Waals surface area contributed by atoms with Crippen molar-refractivity contribution >= 4 is 28.1 Å². The Hall–Kier alpha value is -2.77. The quantitative estimate of drug-likeness (QED) is 0.426. The van der Waals surface area contributed by atoms with E-state index in [1.54, 1.807) is 0 Å². The molecule has 0 fully saturated rings. The molecular formula is C24H18ClN. The normalized spacial score (nSPS) is 14.3. The molecule has 1 heterocycles. The van der Waals surface area contributed by atoms with E-state index < -0.39 is 0 Å². The Morgan fingerprint density at radius 1 is 0.846 bits per heavy atom. The molecule has 26 heavy (non-hydrogen) atoms. The Bertz CT molecular complexity index is 1120. The van der Waals surface area contributed by atoms with Crippen LogP contribution in [0.2, 0.25) is 5.02 Å². The number of halogens is 1. The number of nitrogens with one attached hydrogen (secondary N) is 1. The second-order valence-electron chi connectivity index (χ2n) is 6.79. The van der Waals surface area contributed by atoms with Gasteiger partial charge in [0.1, 0.15) is 0 Å². The zero-order chi connectivity index (χ0) is 17.5. The fraction of sp³-hybridized carbons (Fsp3) is 0.0833. The summed E-state index contributed by atoms with van der Waals surface area (Å²) in [5.41, 5.74) is 7.90. The minimum Gasteiger partial charge on any atom is -0.361 e. The molecular weight excluding hydrogens is 338 g/mol. The van der Waals surface area contributed by atoms with Crippen LogP contribution in [0.5, 0.6) is 0 Å². The lowest BCUT2D eigenvalue weighted by atomic mass is 9.82. The Balaban J connectivity index is 1.73. The molecule has 1 aromatic heterocycles. The highest BCUT2D eigenvalue weighted by Crippen LogP contribution is 2.44. The van der Waals surface area contributed by atoms with Crippen LogP contribution in [0.25, 0.3) is 16.5 Å². The molecule has 1 atom stereocenters. The number of aromatic nitrogens is 1. The number of hydrogen-bond acceptors (Lipinski definition) is 0. The summed E-state index contributed by atoms with van der Waals surface area (Å²) < 4.78 is 0. The molecule has 1 unspecified atom stereocenters. The number of H-pyrrole nitrogens is 1. The molecule has 3 aromatic carbocycles. The summed E-state index contributed by atoms with van der Waals surface area (Å²) in [4.78, 5) is 3.44. The zero-order valence-electron chi connectivity index (χ0n) is 14.2. The van der Waals surface area contributed by atoms with E-state index in [-0.39, 0.29) is 5.92 Å². The van der Waals surface area contributed by atoms with E-state index >= 15 is 0 Å². The van der Waals surface area contributed by atoms with E-state index in [9.17, 15) is 0 Å². The smallest absolute Gasteiger partial charge is 0.0457 e. The lowest BCUT2D eigenvalue weighted by molar-refractivity contribution is 1.06. The zero-order valence-corrected chi connectivity index (χ0v) is 15.0. The van der Waals surface area contributed by atoms with E-state index in [4.69, 9.17) is 11.6 Å². The van der Waals surface area contributed by atoms with Crippen LogP contribution in [-0.4, -0.2) is 4.98 Å². The summed E-state index contributed by atoms with van der Waals surface area (Å²) in [6.45, 7) is 0. The summed E-state index contributed by atoms with van der Waals surface area (Å²) in [5.74, 6) is 0.187. The lowest BCUT2D eigenvalue weighted by Crippen LogP contribution is -2.03. The minimum absolute atomic E-state index is 0.187. The molecule has 0 amide bonds. The van der Waals surface area contributed by atoms with E-state index in [0.717, 1.165) is 11.4 Å². The van der Waals surface area contributed by atoms with Crippen molar-refractivity contribution in [2.75, 3.05) is 0 Å². The third-order valence-corrected chi connectivity index (χ3v) is 5.57. The van der Waals surface area contributed by atoms with Gasteiger partial charge in [-0.3, -0.25) is 0 Å². The predicted octanol–water partition coefficient (Wildman–Crippen LogP) is 6.59. The Labute approximate surface area is 158 Å². The fourth-order valence-electron chi connectivity index (χ4n) is 4.10. The summed E-state index contributed by atoms with van der Waals surface area (Å²) in [5, 5.41) is 2.05. The Kier molecular flexibility index (Phi) is 3.69. The van der Waals surface area contributed by atoms with Gasteiger partial charge in [-0.2, -0.15) is 0 Å². The van der Waals surface area contributed by atoms with Crippen molar-refractivity contribution < 1.29 is 0 Å². The van der Waals surface area contributed by atoms with Crippen LogP contribution in [0.3, 0.4) is 0 Å². The van der Waals surface area contributed by atoms with Gasteiger partial charge >= 0.3 is 0 Å². The topological polar surface area (TPSA) is 15.8 Å². The van der Waals surface area contributed by atoms with Crippen molar-refractivity contribution in [1.29, 1.82) is 0 Å². The molecule has 0 bridgehead atoms. The number of fused-ring (bicyclic) bond motifs is 2. The summed E-state index contributed by atoms with van der Waals surface area (Å²) in [6.07, 6.45) is 5.54. The summed E-state index contributed by atoms with van der Waals surface area (Å²) in [6, 6.07) is 25.5.